The largest absolute Gasteiger partial charge is 0.292 e. The first-order valence-corrected chi connectivity index (χ1v) is 6.19. The van der Waals surface area contributed by atoms with Crippen molar-refractivity contribution in [1.29, 1.82) is 0 Å². The summed E-state index contributed by atoms with van der Waals surface area (Å²) in [5, 5.41) is 0.486. The van der Waals surface area contributed by atoms with Gasteiger partial charge in [-0.05, 0) is 32.4 Å². The standard InChI is InChI=1S/C11H25NS/c1-4-7-8-11(13)12(9-5-2)10-6-3/h11,13H,4-10H2,1-3H3. The van der Waals surface area contributed by atoms with Gasteiger partial charge in [0.05, 0.1) is 5.37 Å². The molecule has 1 unspecified atom stereocenters. The molecule has 0 aliphatic rings. The lowest BCUT2D eigenvalue weighted by Gasteiger charge is -2.27. The number of thiol groups is 1. The molecule has 1 nitrogen and oxygen atoms in total. The summed E-state index contributed by atoms with van der Waals surface area (Å²) in [7, 11) is 0. The molecule has 1 atom stereocenters. The molecule has 0 bridgehead atoms. The van der Waals surface area contributed by atoms with Crippen molar-refractivity contribution in [1.82, 2.24) is 4.90 Å². The summed E-state index contributed by atoms with van der Waals surface area (Å²) in [6, 6.07) is 0. The van der Waals surface area contributed by atoms with E-state index >= 15 is 0 Å². The van der Waals surface area contributed by atoms with E-state index in [0.29, 0.717) is 5.37 Å². The van der Waals surface area contributed by atoms with Crippen molar-refractivity contribution >= 4 is 12.6 Å². The topological polar surface area (TPSA) is 3.24 Å². The van der Waals surface area contributed by atoms with Crippen LogP contribution in [0.25, 0.3) is 0 Å². The van der Waals surface area contributed by atoms with Gasteiger partial charge in [0.2, 0.25) is 0 Å². The molecule has 0 rings (SSSR count). The highest BCUT2D eigenvalue weighted by molar-refractivity contribution is 7.80. The quantitative estimate of drug-likeness (QED) is 0.466. The van der Waals surface area contributed by atoms with Crippen LogP contribution in [0.5, 0.6) is 0 Å². The van der Waals surface area contributed by atoms with E-state index in [-0.39, 0.29) is 0 Å². The highest BCUT2D eigenvalue weighted by Crippen LogP contribution is 2.13. The first-order chi connectivity index (χ1) is 6.26. The van der Waals surface area contributed by atoms with Crippen LogP contribution in [0, 0.1) is 0 Å². The lowest BCUT2D eigenvalue weighted by atomic mass is 10.2. The van der Waals surface area contributed by atoms with Gasteiger partial charge in [-0.25, -0.2) is 0 Å². The molecular weight excluding hydrogens is 178 g/mol. The van der Waals surface area contributed by atoms with Crippen molar-refractivity contribution < 1.29 is 0 Å². The molecule has 0 amide bonds. The van der Waals surface area contributed by atoms with Crippen molar-refractivity contribution in [3.63, 3.8) is 0 Å². The number of hydrogen-bond acceptors (Lipinski definition) is 2. The van der Waals surface area contributed by atoms with Crippen LogP contribution < -0.4 is 0 Å². The Bertz CT molecular complexity index is 100. The minimum Gasteiger partial charge on any atom is -0.292 e. The zero-order valence-electron chi connectivity index (χ0n) is 9.42. The lowest BCUT2D eigenvalue weighted by Crippen LogP contribution is -2.32. The van der Waals surface area contributed by atoms with Gasteiger partial charge in [-0.3, -0.25) is 4.90 Å². The monoisotopic (exact) mass is 203 g/mol. The van der Waals surface area contributed by atoms with Crippen LogP contribution in [-0.4, -0.2) is 23.4 Å². The van der Waals surface area contributed by atoms with Gasteiger partial charge in [0.15, 0.2) is 0 Å². The van der Waals surface area contributed by atoms with E-state index in [4.69, 9.17) is 0 Å². The zero-order valence-corrected chi connectivity index (χ0v) is 10.3. The summed E-state index contributed by atoms with van der Waals surface area (Å²) in [6.45, 7) is 9.12. The van der Waals surface area contributed by atoms with Crippen LogP contribution in [0.1, 0.15) is 52.9 Å². The molecule has 0 N–H and O–H groups in total. The van der Waals surface area contributed by atoms with Gasteiger partial charge in [0.1, 0.15) is 0 Å². The maximum atomic E-state index is 4.65. The fourth-order valence-corrected chi connectivity index (χ4v) is 1.97. The maximum absolute atomic E-state index is 4.65. The molecule has 0 aliphatic carbocycles. The molecule has 0 aromatic carbocycles. The van der Waals surface area contributed by atoms with E-state index in [1.807, 2.05) is 0 Å². The van der Waals surface area contributed by atoms with Gasteiger partial charge in [0, 0.05) is 0 Å². The molecule has 0 aromatic rings. The first-order valence-electron chi connectivity index (χ1n) is 5.68. The van der Waals surface area contributed by atoms with Crippen molar-refractivity contribution in [2.24, 2.45) is 0 Å². The molecule has 13 heavy (non-hydrogen) atoms. The smallest absolute Gasteiger partial charge is 0.0527 e. The predicted molar refractivity (Wildman–Crippen MR) is 64.5 cm³/mol. The molecule has 0 fully saturated rings. The first kappa shape index (κ1) is 13.3. The highest BCUT2D eigenvalue weighted by Gasteiger charge is 2.11. The maximum Gasteiger partial charge on any atom is 0.0527 e. The average Bonchev–Trinajstić information content (AvgIpc) is 2.14. The van der Waals surface area contributed by atoms with E-state index < -0.39 is 0 Å². The van der Waals surface area contributed by atoms with Gasteiger partial charge in [-0.15, -0.1) is 0 Å². The number of unbranched alkanes of at least 4 members (excludes halogenated alkanes) is 1. The van der Waals surface area contributed by atoms with Crippen LogP contribution >= 0.6 is 12.6 Å². The molecule has 0 radical (unpaired) electrons. The third-order valence-corrected chi connectivity index (χ3v) is 2.84. The van der Waals surface area contributed by atoms with Crippen LogP contribution in [0.4, 0.5) is 0 Å². The highest BCUT2D eigenvalue weighted by atomic mass is 32.1. The fourth-order valence-electron chi connectivity index (χ4n) is 1.55. The summed E-state index contributed by atoms with van der Waals surface area (Å²) in [5.74, 6) is 0. The van der Waals surface area contributed by atoms with Crippen LogP contribution in [-0.2, 0) is 0 Å². The van der Waals surface area contributed by atoms with E-state index in [0.717, 1.165) is 0 Å². The van der Waals surface area contributed by atoms with Gasteiger partial charge < -0.3 is 0 Å². The summed E-state index contributed by atoms with van der Waals surface area (Å²) >= 11 is 4.65. The summed E-state index contributed by atoms with van der Waals surface area (Å²) in [4.78, 5) is 2.50. The molecule has 0 spiro atoms. The molecule has 0 aromatic heterocycles. The van der Waals surface area contributed by atoms with Crippen LogP contribution in [0.15, 0.2) is 0 Å². The van der Waals surface area contributed by atoms with E-state index in [2.05, 4.69) is 38.3 Å². The summed E-state index contributed by atoms with van der Waals surface area (Å²) in [6.07, 6.45) is 6.30. The van der Waals surface area contributed by atoms with Crippen LogP contribution in [0.2, 0.25) is 0 Å². The Morgan fingerprint density at radius 2 is 1.54 bits per heavy atom. The Kier molecular flexibility index (Phi) is 9.10. The van der Waals surface area contributed by atoms with Gasteiger partial charge in [0.25, 0.3) is 0 Å². The second kappa shape index (κ2) is 8.89. The molecular formula is C11H25NS. The molecule has 0 saturated carbocycles. The number of nitrogens with zero attached hydrogens (tertiary/aromatic N) is 1. The number of rotatable bonds is 8. The Balaban J connectivity index is 3.72. The molecule has 0 heterocycles. The van der Waals surface area contributed by atoms with Crippen molar-refractivity contribution in [2.45, 2.75) is 58.2 Å². The third-order valence-electron chi connectivity index (χ3n) is 2.26. The SMILES string of the molecule is CCCCC(S)N(CCC)CCC. The van der Waals surface area contributed by atoms with Gasteiger partial charge in [-0.1, -0.05) is 33.6 Å². The molecule has 2 heteroatoms. The van der Waals surface area contributed by atoms with Gasteiger partial charge >= 0.3 is 0 Å². The second-order valence-corrected chi connectivity index (χ2v) is 4.25. The Morgan fingerprint density at radius 3 is 1.92 bits per heavy atom. The average molecular weight is 203 g/mol. The zero-order chi connectivity index (χ0) is 10.1. The van der Waals surface area contributed by atoms with Crippen molar-refractivity contribution in [2.75, 3.05) is 13.1 Å². The van der Waals surface area contributed by atoms with Crippen molar-refractivity contribution in [3.05, 3.63) is 0 Å². The van der Waals surface area contributed by atoms with E-state index in [9.17, 15) is 0 Å². The van der Waals surface area contributed by atoms with Crippen molar-refractivity contribution in [3.8, 4) is 0 Å². The number of hydrogen-bond donors (Lipinski definition) is 1. The minimum atomic E-state index is 0.486. The molecule has 80 valence electrons. The normalized spacial score (nSPS) is 13.6. The van der Waals surface area contributed by atoms with Gasteiger partial charge in [-0.2, -0.15) is 12.6 Å². The Labute approximate surface area is 89.3 Å². The molecule has 0 aliphatic heterocycles. The lowest BCUT2D eigenvalue weighted by molar-refractivity contribution is 0.247. The Morgan fingerprint density at radius 1 is 1.00 bits per heavy atom. The summed E-state index contributed by atoms with van der Waals surface area (Å²) in [5.41, 5.74) is 0. The minimum absolute atomic E-state index is 0.486. The molecule has 0 saturated heterocycles. The van der Waals surface area contributed by atoms with Crippen LogP contribution in [0.3, 0.4) is 0 Å². The fraction of sp³-hybridized carbons (Fsp3) is 1.00. The van der Waals surface area contributed by atoms with E-state index in [1.165, 1.54) is 45.2 Å². The summed E-state index contributed by atoms with van der Waals surface area (Å²) < 4.78 is 0. The third kappa shape index (κ3) is 6.39. The second-order valence-electron chi connectivity index (χ2n) is 3.66. The predicted octanol–water partition coefficient (Wildman–Crippen LogP) is 3.55. The van der Waals surface area contributed by atoms with E-state index in [1.54, 1.807) is 0 Å². The Hall–Kier alpha value is 0.310.